The molecular formula is C52H37N3S. The highest BCUT2D eigenvalue weighted by Gasteiger charge is 2.28. The standard InChI is InChI=1S/C52H37N3S/c1-7-22-39(23-8-1)53(40-24-9-2-10-25-40)46-35-36-47(54(41-26-11-3-12-27-41)42-28-13-4-14-29-42)52-49(46)50-48(37-38-21-19-20-34-45(38)51(50)56-52)55(43-30-15-5-16-31-43)44-32-17-6-18-33-44/h1-37H. The van der Waals surface area contributed by atoms with E-state index < -0.39 is 0 Å². The first-order valence-corrected chi connectivity index (χ1v) is 19.8. The molecule has 10 aromatic rings. The first-order valence-electron chi connectivity index (χ1n) is 19.0. The van der Waals surface area contributed by atoms with Crippen molar-refractivity contribution in [2.75, 3.05) is 14.7 Å². The van der Waals surface area contributed by atoms with E-state index in [1.807, 2.05) is 11.3 Å². The van der Waals surface area contributed by atoms with Crippen LogP contribution in [0.15, 0.2) is 224 Å². The van der Waals surface area contributed by atoms with Crippen LogP contribution in [0.2, 0.25) is 0 Å². The van der Waals surface area contributed by atoms with Gasteiger partial charge in [-0.25, -0.2) is 0 Å². The number of fused-ring (bicyclic) bond motifs is 5. The van der Waals surface area contributed by atoms with Gasteiger partial charge in [-0.05, 0) is 102 Å². The minimum absolute atomic E-state index is 1.10. The van der Waals surface area contributed by atoms with Crippen molar-refractivity contribution in [3.63, 3.8) is 0 Å². The lowest BCUT2D eigenvalue weighted by molar-refractivity contribution is 1.28. The van der Waals surface area contributed by atoms with Gasteiger partial charge in [-0.2, -0.15) is 0 Å². The predicted octanol–water partition coefficient (Wildman–Crippen LogP) is 15.6. The number of hydrogen-bond donors (Lipinski definition) is 0. The van der Waals surface area contributed by atoms with Crippen molar-refractivity contribution in [3.8, 4) is 0 Å². The number of thiophene rings is 1. The molecule has 0 aliphatic carbocycles. The smallest absolute Gasteiger partial charge is 0.0641 e. The van der Waals surface area contributed by atoms with Crippen LogP contribution in [0.4, 0.5) is 51.2 Å². The van der Waals surface area contributed by atoms with Crippen LogP contribution in [-0.4, -0.2) is 0 Å². The second kappa shape index (κ2) is 14.6. The van der Waals surface area contributed by atoms with Gasteiger partial charge in [-0.15, -0.1) is 11.3 Å². The van der Waals surface area contributed by atoms with E-state index in [9.17, 15) is 0 Å². The third-order valence-corrected chi connectivity index (χ3v) is 11.6. The molecule has 56 heavy (non-hydrogen) atoms. The fourth-order valence-electron chi connectivity index (χ4n) is 7.94. The molecular weight excluding hydrogens is 699 g/mol. The van der Waals surface area contributed by atoms with E-state index in [0.717, 1.165) is 51.2 Å². The third kappa shape index (κ3) is 5.94. The van der Waals surface area contributed by atoms with Crippen molar-refractivity contribution in [2.45, 2.75) is 0 Å². The van der Waals surface area contributed by atoms with Crippen LogP contribution < -0.4 is 14.7 Å². The second-order valence-corrected chi connectivity index (χ2v) is 14.8. The van der Waals surface area contributed by atoms with Gasteiger partial charge in [0.1, 0.15) is 0 Å². The Kier molecular flexibility index (Phi) is 8.71. The highest BCUT2D eigenvalue weighted by Crippen LogP contribution is 2.55. The van der Waals surface area contributed by atoms with Gasteiger partial charge in [0, 0.05) is 49.6 Å². The molecule has 0 bridgehead atoms. The molecule has 0 aliphatic rings. The maximum Gasteiger partial charge on any atom is 0.0641 e. The molecule has 266 valence electrons. The Morgan fingerprint density at radius 2 is 0.589 bits per heavy atom. The molecule has 0 atom stereocenters. The number of para-hydroxylation sites is 6. The van der Waals surface area contributed by atoms with E-state index in [1.54, 1.807) is 0 Å². The Hall–Kier alpha value is -7.14. The zero-order chi connectivity index (χ0) is 37.3. The Bertz CT molecular complexity index is 2780. The summed E-state index contributed by atoms with van der Waals surface area (Å²) in [6, 6.07) is 80.4. The quantitative estimate of drug-likeness (QED) is 0.146. The number of nitrogens with zero attached hydrogens (tertiary/aromatic N) is 3. The Morgan fingerprint density at radius 3 is 1.02 bits per heavy atom. The van der Waals surface area contributed by atoms with Crippen molar-refractivity contribution < 1.29 is 0 Å². The van der Waals surface area contributed by atoms with Crippen LogP contribution in [0.5, 0.6) is 0 Å². The van der Waals surface area contributed by atoms with Gasteiger partial charge in [0.15, 0.2) is 0 Å². The van der Waals surface area contributed by atoms with E-state index >= 15 is 0 Å². The lowest BCUT2D eigenvalue weighted by atomic mass is 9.99. The molecule has 0 saturated carbocycles. The highest BCUT2D eigenvalue weighted by molar-refractivity contribution is 7.27. The van der Waals surface area contributed by atoms with Crippen molar-refractivity contribution >= 4 is 93.5 Å². The Balaban J connectivity index is 1.40. The molecule has 0 aliphatic heterocycles. The summed E-state index contributed by atoms with van der Waals surface area (Å²) in [6.07, 6.45) is 0. The lowest BCUT2D eigenvalue weighted by Crippen LogP contribution is -2.13. The van der Waals surface area contributed by atoms with Crippen LogP contribution in [0, 0.1) is 0 Å². The monoisotopic (exact) mass is 735 g/mol. The summed E-state index contributed by atoms with van der Waals surface area (Å²) < 4.78 is 2.46. The maximum atomic E-state index is 2.43. The maximum absolute atomic E-state index is 2.43. The molecule has 0 amide bonds. The molecule has 0 N–H and O–H groups in total. The van der Waals surface area contributed by atoms with Crippen molar-refractivity contribution in [1.82, 2.24) is 0 Å². The second-order valence-electron chi connectivity index (χ2n) is 13.8. The Morgan fingerprint density at radius 1 is 0.268 bits per heavy atom. The topological polar surface area (TPSA) is 9.72 Å². The molecule has 0 spiro atoms. The van der Waals surface area contributed by atoms with Crippen molar-refractivity contribution in [3.05, 3.63) is 224 Å². The number of benzene rings is 9. The fraction of sp³-hybridized carbons (Fsp3) is 0. The zero-order valence-electron chi connectivity index (χ0n) is 30.6. The molecule has 4 heteroatoms. The normalized spacial score (nSPS) is 11.2. The summed E-state index contributed by atoms with van der Waals surface area (Å²) in [6.45, 7) is 0. The predicted molar refractivity (Wildman–Crippen MR) is 241 cm³/mol. The molecule has 0 radical (unpaired) electrons. The largest absolute Gasteiger partial charge is 0.310 e. The minimum atomic E-state index is 1.10. The van der Waals surface area contributed by atoms with E-state index in [4.69, 9.17) is 0 Å². The molecule has 0 fully saturated rings. The fourth-order valence-corrected chi connectivity index (χ4v) is 9.32. The van der Waals surface area contributed by atoms with Gasteiger partial charge in [0.2, 0.25) is 0 Å². The number of anilines is 9. The van der Waals surface area contributed by atoms with Crippen LogP contribution in [-0.2, 0) is 0 Å². The SMILES string of the molecule is c1ccc(N(c2ccccc2)c2ccc(N(c3ccccc3)c3ccccc3)c3c2sc2c4ccccc4cc(N(c4ccccc4)c4ccccc4)c23)cc1. The molecule has 9 aromatic carbocycles. The average molecular weight is 736 g/mol. The van der Waals surface area contributed by atoms with E-state index in [-0.39, 0.29) is 0 Å². The number of hydrogen-bond acceptors (Lipinski definition) is 4. The van der Waals surface area contributed by atoms with Crippen molar-refractivity contribution in [2.24, 2.45) is 0 Å². The molecule has 1 heterocycles. The summed E-state index contributed by atoms with van der Waals surface area (Å²) in [5, 5.41) is 4.85. The molecule has 0 unspecified atom stereocenters. The van der Waals surface area contributed by atoms with E-state index in [0.29, 0.717) is 0 Å². The Labute approximate surface area is 331 Å². The molecule has 0 saturated heterocycles. The van der Waals surface area contributed by atoms with Gasteiger partial charge < -0.3 is 14.7 Å². The van der Waals surface area contributed by atoms with E-state index in [1.165, 1.54) is 30.9 Å². The minimum Gasteiger partial charge on any atom is -0.310 e. The third-order valence-electron chi connectivity index (χ3n) is 10.4. The molecule has 10 rings (SSSR count). The van der Waals surface area contributed by atoms with Gasteiger partial charge in [0.25, 0.3) is 0 Å². The lowest BCUT2D eigenvalue weighted by Gasteiger charge is -2.30. The van der Waals surface area contributed by atoms with Crippen LogP contribution in [0.3, 0.4) is 0 Å². The summed E-state index contributed by atoms with van der Waals surface area (Å²) in [4.78, 5) is 7.26. The van der Waals surface area contributed by atoms with Gasteiger partial charge >= 0.3 is 0 Å². The summed E-state index contributed by atoms with van der Waals surface area (Å²) in [5.41, 5.74) is 9.99. The summed E-state index contributed by atoms with van der Waals surface area (Å²) in [5.74, 6) is 0. The number of rotatable bonds is 9. The van der Waals surface area contributed by atoms with Crippen LogP contribution in [0.25, 0.3) is 30.9 Å². The summed E-state index contributed by atoms with van der Waals surface area (Å²) in [7, 11) is 0. The van der Waals surface area contributed by atoms with Gasteiger partial charge in [-0.3, -0.25) is 0 Å². The van der Waals surface area contributed by atoms with Crippen molar-refractivity contribution in [1.29, 1.82) is 0 Å². The average Bonchev–Trinajstić information content (AvgIpc) is 3.69. The van der Waals surface area contributed by atoms with E-state index in [2.05, 4.69) is 239 Å². The van der Waals surface area contributed by atoms with Crippen LogP contribution >= 0.6 is 11.3 Å². The van der Waals surface area contributed by atoms with Crippen LogP contribution in [0.1, 0.15) is 0 Å². The molecule has 3 nitrogen and oxygen atoms in total. The summed E-state index contributed by atoms with van der Waals surface area (Å²) >= 11 is 1.88. The zero-order valence-corrected chi connectivity index (χ0v) is 31.4. The molecule has 1 aromatic heterocycles. The first-order chi connectivity index (χ1) is 27.8. The van der Waals surface area contributed by atoms with Gasteiger partial charge in [0.05, 0.1) is 21.8 Å². The van der Waals surface area contributed by atoms with Gasteiger partial charge in [-0.1, -0.05) is 133 Å². The first kappa shape index (κ1) is 33.4. The highest BCUT2D eigenvalue weighted by atomic mass is 32.1.